The van der Waals surface area contributed by atoms with Crippen molar-refractivity contribution in [1.29, 1.82) is 0 Å². The zero-order valence-corrected chi connectivity index (χ0v) is 12.1. The minimum atomic E-state index is 0.259. The molecule has 1 atom stereocenters. The number of rotatable bonds is 5. The fourth-order valence-electron chi connectivity index (χ4n) is 2.10. The van der Waals surface area contributed by atoms with Gasteiger partial charge < -0.3 is 19.5 Å². The van der Waals surface area contributed by atoms with Crippen LogP contribution < -0.4 is 14.8 Å². The van der Waals surface area contributed by atoms with E-state index in [1.54, 1.807) is 14.2 Å². The van der Waals surface area contributed by atoms with Gasteiger partial charge in [0.1, 0.15) is 16.5 Å². The van der Waals surface area contributed by atoms with Crippen molar-refractivity contribution in [1.82, 2.24) is 5.32 Å². The van der Waals surface area contributed by atoms with Crippen LogP contribution in [-0.4, -0.2) is 38.5 Å². The van der Waals surface area contributed by atoms with Crippen LogP contribution in [0.15, 0.2) is 18.2 Å². The molecule has 1 heterocycles. The van der Waals surface area contributed by atoms with Gasteiger partial charge in [-0.1, -0.05) is 12.2 Å². The molecule has 1 aliphatic rings. The molecule has 0 amide bonds. The fraction of sp³-hybridized carbons (Fsp3) is 0.500. The summed E-state index contributed by atoms with van der Waals surface area (Å²) < 4.78 is 16.1. The van der Waals surface area contributed by atoms with Crippen molar-refractivity contribution >= 4 is 17.2 Å². The molecule has 19 heavy (non-hydrogen) atoms. The summed E-state index contributed by atoms with van der Waals surface area (Å²) in [4.78, 5) is 0.659. The summed E-state index contributed by atoms with van der Waals surface area (Å²) in [5.74, 6) is 1.50. The Morgan fingerprint density at radius 3 is 2.89 bits per heavy atom. The van der Waals surface area contributed by atoms with Gasteiger partial charge in [0, 0.05) is 13.2 Å². The van der Waals surface area contributed by atoms with Crippen molar-refractivity contribution < 1.29 is 14.2 Å². The summed E-state index contributed by atoms with van der Waals surface area (Å²) in [5, 5.41) is 3.24. The van der Waals surface area contributed by atoms with Gasteiger partial charge in [-0.15, -0.1) is 0 Å². The lowest BCUT2D eigenvalue weighted by Gasteiger charge is -2.15. The largest absolute Gasteiger partial charge is 0.497 e. The highest BCUT2D eigenvalue weighted by Crippen LogP contribution is 2.24. The van der Waals surface area contributed by atoms with Crippen LogP contribution in [0.5, 0.6) is 11.5 Å². The lowest BCUT2D eigenvalue weighted by atomic mass is 10.1. The summed E-state index contributed by atoms with van der Waals surface area (Å²) in [5.41, 5.74) is 0.842. The van der Waals surface area contributed by atoms with E-state index in [0.717, 1.165) is 43.1 Å². The summed E-state index contributed by atoms with van der Waals surface area (Å²) >= 11 is 5.41. The Hall–Kier alpha value is -1.33. The first kappa shape index (κ1) is 14.1. The van der Waals surface area contributed by atoms with Gasteiger partial charge in [-0.2, -0.15) is 0 Å². The van der Waals surface area contributed by atoms with E-state index >= 15 is 0 Å². The number of hydrogen-bond donors (Lipinski definition) is 1. The second-order valence-corrected chi connectivity index (χ2v) is 4.82. The minimum Gasteiger partial charge on any atom is -0.497 e. The van der Waals surface area contributed by atoms with E-state index in [4.69, 9.17) is 26.4 Å². The van der Waals surface area contributed by atoms with E-state index in [-0.39, 0.29) is 6.10 Å². The maximum absolute atomic E-state index is 5.56. The van der Waals surface area contributed by atoms with Gasteiger partial charge in [0.25, 0.3) is 0 Å². The lowest BCUT2D eigenvalue weighted by molar-refractivity contribution is 0.114. The zero-order chi connectivity index (χ0) is 13.7. The van der Waals surface area contributed by atoms with Gasteiger partial charge in [0.05, 0.1) is 25.9 Å². The van der Waals surface area contributed by atoms with E-state index in [9.17, 15) is 0 Å². The molecule has 2 rings (SSSR count). The maximum atomic E-state index is 5.56. The first-order valence-corrected chi connectivity index (χ1v) is 6.77. The van der Waals surface area contributed by atoms with Gasteiger partial charge in [0.15, 0.2) is 0 Å². The molecule has 0 unspecified atom stereocenters. The van der Waals surface area contributed by atoms with Crippen molar-refractivity contribution in [2.45, 2.75) is 18.9 Å². The maximum Gasteiger partial charge on any atom is 0.129 e. The highest BCUT2D eigenvalue weighted by Gasteiger charge is 2.17. The average molecular weight is 281 g/mol. The first-order chi connectivity index (χ1) is 9.24. The third-order valence-corrected chi connectivity index (χ3v) is 3.53. The van der Waals surface area contributed by atoms with Gasteiger partial charge >= 0.3 is 0 Å². The number of nitrogens with one attached hydrogen (secondary N) is 1. The smallest absolute Gasteiger partial charge is 0.129 e. The highest BCUT2D eigenvalue weighted by atomic mass is 32.1. The minimum absolute atomic E-state index is 0.259. The summed E-state index contributed by atoms with van der Waals surface area (Å²) in [6.45, 7) is 1.58. The SMILES string of the molecule is COc1ccc(OC)c(C(=S)NC[C@H]2CCCO2)c1. The molecule has 1 N–H and O–H groups in total. The van der Waals surface area contributed by atoms with Crippen LogP contribution in [0.4, 0.5) is 0 Å². The van der Waals surface area contributed by atoms with Crippen molar-refractivity contribution in [3.8, 4) is 11.5 Å². The van der Waals surface area contributed by atoms with Gasteiger partial charge in [0.2, 0.25) is 0 Å². The average Bonchev–Trinajstić information content (AvgIpc) is 2.97. The Bertz CT molecular complexity index is 444. The number of ether oxygens (including phenoxy) is 3. The topological polar surface area (TPSA) is 39.7 Å². The van der Waals surface area contributed by atoms with Crippen LogP contribution in [0, 0.1) is 0 Å². The Labute approximate surface area is 119 Å². The normalized spacial score (nSPS) is 18.1. The predicted molar refractivity (Wildman–Crippen MR) is 78.2 cm³/mol. The third-order valence-electron chi connectivity index (χ3n) is 3.17. The molecule has 0 aromatic heterocycles. The molecule has 1 aromatic rings. The van der Waals surface area contributed by atoms with Crippen LogP contribution in [0.25, 0.3) is 0 Å². The molecule has 1 aliphatic heterocycles. The molecule has 0 aliphatic carbocycles. The quantitative estimate of drug-likeness (QED) is 0.837. The molecular weight excluding hydrogens is 262 g/mol. The molecule has 0 radical (unpaired) electrons. The van der Waals surface area contributed by atoms with Crippen molar-refractivity contribution in [2.24, 2.45) is 0 Å². The summed E-state index contributed by atoms with van der Waals surface area (Å²) in [7, 11) is 3.27. The van der Waals surface area contributed by atoms with Crippen LogP contribution in [0.2, 0.25) is 0 Å². The van der Waals surface area contributed by atoms with E-state index in [2.05, 4.69) is 5.32 Å². The Kier molecular flexibility index (Phi) is 4.99. The number of thiocarbonyl (C=S) groups is 1. The van der Waals surface area contributed by atoms with Crippen LogP contribution >= 0.6 is 12.2 Å². The lowest BCUT2D eigenvalue weighted by Crippen LogP contribution is -2.31. The Balaban J connectivity index is 2.03. The van der Waals surface area contributed by atoms with E-state index in [1.165, 1.54) is 0 Å². The van der Waals surface area contributed by atoms with E-state index in [0.29, 0.717) is 4.99 Å². The molecule has 4 nitrogen and oxygen atoms in total. The molecule has 0 spiro atoms. The zero-order valence-electron chi connectivity index (χ0n) is 11.3. The van der Waals surface area contributed by atoms with E-state index < -0.39 is 0 Å². The third kappa shape index (κ3) is 3.58. The van der Waals surface area contributed by atoms with Crippen molar-refractivity contribution in [3.05, 3.63) is 23.8 Å². The standard InChI is InChI=1S/C14H19NO3S/c1-16-10-5-6-13(17-2)12(8-10)14(19)15-9-11-4-3-7-18-11/h5-6,8,11H,3-4,7,9H2,1-2H3,(H,15,19)/t11-/m1/s1. The molecule has 1 aromatic carbocycles. The highest BCUT2D eigenvalue weighted by molar-refractivity contribution is 7.80. The number of benzene rings is 1. The molecule has 1 fully saturated rings. The summed E-state index contributed by atoms with van der Waals surface area (Å²) in [6, 6.07) is 5.59. The molecular formula is C14H19NO3S. The Morgan fingerprint density at radius 2 is 2.26 bits per heavy atom. The number of hydrogen-bond acceptors (Lipinski definition) is 4. The van der Waals surface area contributed by atoms with Crippen LogP contribution in [0.1, 0.15) is 18.4 Å². The van der Waals surface area contributed by atoms with Gasteiger partial charge in [-0.25, -0.2) is 0 Å². The molecule has 104 valence electrons. The molecule has 5 heteroatoms. The second kappa shape index (κ2) is 6.73. The van der Waals surface area contributed by atoms with Gasteiger partial charge in [-0.05, 0) is 31.0 Å². The number of methoxy groups -OCH3 is 2. The second-order valence-electron chi connectivity index (χ2n) is 4.41. The molecule has 0 saturated carbocycles. The van der Waals surface area contributed by atoms with Crippen molar-refractivity contribution in [2.75, 3.05) is 27.4 Å². The van der Waals surface area contributed by atoms with Crippen LogP contribution in [0.3, 0.4) is 0 Å². The molecule has 0 bridgehead atoms. The van der Waals surface area contributed by atoms with Crippen LogP contribution in [-0.2, 0) is 4.74 Å². The monoisotopic (exact) mass is 281 g/mol. The Morgan fingerprint density at radius 1 is 1.42 bits per heavy atom. The fourth-order valence-corrected chi connectivity index (χ4v) is 2.34. The molecule has 1 saturated heterocycles. The van der Waals surface area contributed by atoms with E-state index in [1.807, 2.05) is 18.2 Å². The van der Waals surface area contributed by atoms with Gasteiger partial charge in [-0.3, -0.25) is 0 Å². The first-order valence-electron chi connectivity index (χ1n) is 6.36. The predicted octanol–water partition coefficient (Wildman–Crippen LogP) is 2.15. The summed E-state index contributed by atoms with van der Waals surface area (Å²) in [6.07, 6.45) is 2.47. The van der Waals surface area contributed by atoms with Crippen molar-refractivity contribution in [3.63, 3.8) is 0 Å².